The van der Waals surface area contributed by atoms with Gasteiger partial charge in [0.25, 0.3) is 0 Å². The van der Waals surface area contributed by atoms with E-state index in [-0.39, 0.29) is 43.2 Å². The largest absolute Gasteiger partial charge is 0.370 e. The zero-order valence-electron chi connectivity index (χ0n) is 74.8. The van der Waals surface area contributed by atoms with E-state index in [2.05, 4.69) is 183 Å². The second kappa shape index (κ2) is 51.0. The summed E-state index contributed by atoms with van der Waals surface area (Å²) in [6.07, 6.45) is 1.25. The van der Waals surface area contributed by atoms with Crippen molar-refractivity contribution in [3.05, 3.63) is 228 Å². The molecule has 127 heavy (non-hydrogen) atoms. The van der Waals surface area contributed by atoms with Gasteiger partial charge in [-0.15, -0.1) is 0 Å². The Morgan fingerprint density at radius 2 is 0.756 bits per heavy atom. The fourth-order valence-corrected chi connectivity index (χ4v) is 12.5. The molecule has 21 N–H and O–H groups in total. The molecule has 0 fully saturated rings. The van der Waals surface area contributed by atoms with E-state index in [4.69, 9.17) is 75.2 Å². The van der Waals surface area contributed by atoms with Crippen molar-refractivity contribution in [2.75, 3.05) is 71.3 Å². The average molecular weight is 1830 g/mol. The average Bonchev–Trinajstić information content (AvgIpc) is 0.853. The highest BCUT2D eigenvalue weighted by Crippen LogP contribution is 2.22. The molecule has 7 atom stereocenters. The van der Waals surface area contributed by atoms with Gasteiger partial charge in [0.05, 0.1) is 23.8 Å². The number of nitrogens with two attached hydrogens (primary N) is 3. The molecule has 40 heteroatoms. The molecule has 678 valence electrons. The molecule has 14 rings (SSSR count). The number of para-hydroxylation sites is 1. The molecular weight excluding hydrogens is 1710 g/mol. The lowest BCUT2D eigenvalue weighted by atomic mass is 10.1. The summed E-state index contributed by atoms with van der Waals surface area (Å²) >= 11 is 30.0. The molecule has 0 saturated heterocycles. The fraction of sp³-hybridized carbons (Fsp3) is 0.356. The van der Waals surface area contributed by atoms with Crippen LogP contribution in [0, 0.1) is 13.8 Å². The first-order chi connectivity index (χ1) is 60.6. The number of aliphatic imine (C=N–C) groups is 14. The van der Waals surface area contributed by atoms with Gasteiger partial charge < -0.3 is 74.4 Å². The van der Waals surface area contributed by atoms with Crippen molar-refractivity contribution in [3.63, 3.8) is 0 Å². The van der Waals surface area contributed by atoms with E-state index in [0.29, 0.717) is 84.9 Å². The molecule has 7 aliphatic heterocycles. The third-order valence-corrected chi connectivity index (χ3v) is 19.1. The van der Waals surface area contributed by atoms with Gasteiger partial charge in [-0.2, -0.15) is 0 Å². The van der Waals surface area contributed by atoms with Crippen LogP contribution in [0.15, 0.2) is 240 Å². The summed E-state index contributed by atoms with van der Waals surface area (Å²) < 4.78 is 0. The van der Waals surface area contributed by atoms with Crippen molar-refractivity contribution in [2.45, 2.75) is 151 Å². The normalized spacial score (nSPS) is 20.0. The van der Waals surface area contributed by atoms with Crippen LogP contribution in [0.3, 0.4) is 0 Å². The fourth-order valence-electron chi connectivity index (χ4n) is 11.6. The van der Waals surface area contributed by atoms with E-state index in [1.165, 1.54) is 16.7 Å². The van der Waals surface area contributed by atoms with Crippen LogP contribution in [0.25, 0.3) is 0 Å². The first-order valence-corrected chi connectivity index (χ1v) is 43.1. The minimum Gasteiger partial charge on any atom is -0.370 e. The first kappa shape index (κ1) is 99.6. The van der Waals surface area contributed by atoms with Gasteiger partial charge in [0, 0.05) is 92.9 Å². The summed E-state index contributed by atoms with van der Waals surface area (Å²) in [6.45, 7) is 24.3. The van der Waals surface area contributed by atoms with E-state index in [0.717, 1.165) is 102 Å². The Kier molecular flexibility index (Phi) is 40.0. The molecule has 7 aromatic rings. The van der Waals surface area contributed by atoms with Gasteiger partial charge >= 0.3 is 0 Å². The van der Waals surface area contributed by atoms with Crippen molar-refractivity contribution in [2.24, 2.45) is 87.1 Å². The maximum Gasteiger partial charge on any atom is 0.204 e. The number of guanidine groups is 14. The standard InChI is InChI=1S/C14H20ClN5.C14H21N5.C13H18ClN5.2C12H16ClN5.C11H14ClN5.C11H15N5/c1-10-17-13(19-14(18-10)20(2)3)16-9-8-11-6-4-5-7-12(11)15;1-9(2)15-13-16-11(4)17-14(19-13)18-12-7-5-6-10(3)8-12;1-9-16-12(18-13(17-9)19(2)3)15-8-10-6-4-5-7-11(10)14;1-8-14-11(17-12(15-8)18(2)3)16-10-7-5-4-6-9(10)13;1-8-16-11(14)18-12(17-8)15-7-6-9-2-4-10(13)5-3-9;1-7-15-10(13)17-11(16-7)14-6-8-2-4-9(12)5-3-8;1-7-4-3-5-9(6-7)15-11-14-8(2)13-10(12)16-11/h4-7,10H,8-9H2,1-3H3,(H2,16,17,18,19);5-9,11H,1-4H3,(H3,15,16,17,18,19);4-7,9H,8H2,1-3H3,(H2,15,16,17,18);4-8H,1-3H3,(H2,14,15,16,17);2-5,8H,6-7H2,1H3,(H4,14,15,16,17,18);2-5,7H,6H2,1H3,(H4,13,14,15,16,17);3-6,8H,1-2H3,(H4,12,13,14,15,16). The minimum atomic E-state index is -0.145. The molecule has 7 aliphatic rings. The third kappa shape index (κ3) is 37.1. The number of halogens is 5. The second-order valence-corrected chi connectivity index (χ2v) is 32.3. The van der Waals surface area contributed by atoms with Crippen LogP contribution in [-0.4, -0.2) is 203 Å². The topological polar surface area (TPSA) is 441 Å². The monoisotopic (exact) mass is 1830 g/mol. The van der Waals surface area contributed by atoms with Gasteiger partial charge in [-0.25, -0.2) is 59.9 Å². The summed E-state index contributed by atoms with van der Waals surface area (Å²) in [5.74, 6) is 9.07. The van der Waals surface area contributed by atoms with Gasteiger partial charge in [0.2, 0.25) is 35.8 Å². The van der Waals surface area contributed by atoms with E-state index in [1.807, 2.05) is 270 Å². The summed E-state index contributed by atoms with van der Waals surface area (Å²) in [4.78, 5) is 66.5. The van der Waals surface area contributed by atoms with E-state index in [1.54, 1.807) is 0 Å². The van der Waals surface area contributed by atoms with Gasteiger partial charge in [0.15, 0.2) is 47.7 Å². The quantitative estimate of drug-likeness (QED) is 0.0481. The molecular formula is C87H120Cl5N35. The number of hydrogen-bond acceptors (Lipinski definition) is 27. The van der Waals surface area contributed by atoms with Crippen molar-refractivity contribution in [1.82, 2.24) is 78.5 Å². The Morgan fingerprint density at radius 1 is 0.362 bits per heavy atom. The van der Waals surface area contributed by atoms with E-state index in [9.17, 15) is 0 Å². The lowest BCUT2D eigenvalue weighted by Gasteiger charge is -2.26. The molecule has 0 saturated carbocycles. The maximum atomic E-state index is 6.13. The predicted molar refractivity (Wildman–Crippen MR) is 532 cm³/mol. The summed E-state index contributed by atoms with van der Waals surface area (Å²) in [5.41, 5.74) is 26.5. The molecule has 7 heterocycles. The molecule has 0 amide bonds. The Labute approximate surface area is 770 Å². The second-order valence-electron chi connectivity index (χ2n) is 30.2. The van der Waals surface area contributed by atoms with Gasteiger partial charge in [0.1, 0.15) is 43.2 Å². The van der Waals surface area contributed by atoms with Crippen LogP contribution in [0.4, 0.5) is 17.1 Å². The maximum absolute atomic E-state index is 6.13. The highest BCUT2D eigenvalue weighted by Gasteiger charge is 2.22. The minimum absolute atomic E-state index is 0.00338. The molecule has 7 aromatic carbocycles. The zero-order chi connectivity index (χ0) is 92.1. The number of hydrogen-bond donors (Lipinski definition) is 18. The number of rotatable bonds is 14. The first-order valence-electron chi connectivity index (χ1n) is 41.2. The molecule has 0 aromatic heterocycles. The number of benzene rings is 7. The number of anilines is 3. The Morgan fingerprint density at radius 3 is 1.24 bits per heavy atom. The van der Waals surface area contributed by atoms with Crippen molar-refractivity contribution < 1.29 is 0 Å². The Bertz CT molecular complexity index is 5190. The summed E-state index contributed by atoms with van der Waals surface area (Å²) in [5, 5.41) is 50.3. The molecule has 35 nitrogen and oxygen atoms in total. The number of nitrogens with zero attached hydrogens (tertiary/aromatic N) is 17. The lowest BCUT2D eigenvalue weighted by Crippen LogP contribution is -2.53. The van der Waals surface area contributed by atoms with Gasteiger partial charge in [-0.1, -0.05) is 155 Å². The van der Waals surface area contributed by atoms with Crippen molar-refractivity contribution in [3.8, 4) is 0 Å². The molecule has 0 bridgehead atoms. The lowest BCUT2D eigenvalue weighted by molar-refractivity contribution is 0.559. The molecule has 0 aliphatic carbocycles. The van der Waals surface area contributed by atoms with E-state index >= 15 is 0 Å². The van der Waals surface area contributed by atoms with Crippen LogP contribution in [0.1, 0.15) is 95.7 Å². The highest BCUT2D eigenvalue weighted by molar-refractivity contribution is 6.34. The van der Waals surface area contributed by atoms with Gasteiger partial charge in [-0.05, 0) is 195 Å². The van der Waals surface area contributed by atoms with Crippen LogP contribution in [0.2, 0.25) is 25.1 Å². The summed E-state index contributed by atoms with van der Waals surface area (Å²) in [6, 6.07) is 55.0. The molecule has 0 spiro atoms. The highest BCUT2D eigenvalue weighted by atomic mass is 35.5. The SMILES string of the molecule is CC1N=C(N(C)C)NC(=NCCc2ccccc2Cl)N1.CC1N=C(N(C)C)NC(=NCc2ccccc2Cl)N1.CC1N=C(N)NC(=NCCc2ccc(Cl)cc2)N1.CC1N=C(N)NC(=NCc2ccc(Cl)cc2)N1.CC1N=C(Nc2ccccc2Cl)NC(N(C)C)=N1.Cc1cccc(NC2=NC(C)N=C(N)N2)c1.Cc1cccc(NC2=NC(C)N=C(NC(C)C)N2)c1. The number of nitrogens with one attached hydrogen (secondary N) is 15. The van der Waals surface area contributed by atoms with E-state index < -0.39 is 0 Å². The Balaban J connectivity index is 0.000000183. The van der Waals surface area contributed by atoms with Crippen LogP contribution >= 0.6 is 58.0 Å². The Hall–Kier alpha value is -12.8. The molecule has 7 unspecified atom stereocenters. The number of aryl methyl sites for hydroxylation is 2. The van der Waals surface area contributed by atoms with Crippen LogP contribution < -0.4 is 97.0 Å². The predicted octanol–water partition coefficient (Wildman–Crippen LogP) is 10.6. The van der Waals surface area contributed by atoms with Crippen LogP contribution in [0.5, 0.6) is 0 Å². The molecule has 0 radical (unpaired) electrons. The smallest absolute Gasteiger partial charge is 0.204 e. The van der Waals surface area contributed by atoms with Crippen molar-refractivity contribution >= 4 is 159 Å². The zero-order valence-corrected chi connectivity index (χ0v) is 78.5. The summed E-state index contributed by atoms with van der Waals surface area (Å²) in [7, 11) is 11.6. The van der Waals surface area contributed by atoms with Crippen LogP contribution in [-0.2, 0) is 25.9 Å². The van der Waals surface area contributed by atoms with Crippen molar-refractivity contribution in [1.29, 1.82) is 0 Å². The third-order valence-electron chi connectivity index (χ3n) is 17.5. The van der Waals surface area contributed by atoms with Gasteiger partial charge in [-0.3, -0.25) is 47.2 Å².